The monoisotopic (exact) mass is 293 g/mol. The van der Waals surface area contributed by atoms with Crippen LogP contribution >= 0.6 is 0 Å². The summed E-state index contributed by atoms with van der Waals surface area (Å²) in [7, 11) is -2.11. The summed E-state index contributed by atoms with van der Waals surface area (Å²) >= 11 is 0. The number of sulfonamides is 1. The Bertz CT molecular complexity index is 667. The molecule has 0 radical (unpaired) electrons. The smallest absolute Gasteiger partial charge is 0.263 e. The number of ether oxygens (including phenoxy) is 1. The van der Waals surface area contributed by atoms with Crippen LogP contribution in [0.3, 0.4) is 0 Å². The van der Waals surface area contributed by atoms with Gasteiger partial charge in [0.15, 0.2) is 0 Å². The Morgan fingerprint density at radius 1 is 1.20 bits per heavy atom. The number of hydrogen-bond donors (Lipinski definition) is 2. The van der Waals surface area contributed by atoms with Gasteiger partial charge in [-0.2, -0.15) is 0 Å². The first-order valence-electron chi connectivity index (χ1n) is 5.87. The Balaban J connectivity index is 2.20. The molecule has 0 spiro atoms. The molecule has 2 rings (SSSR count). The van der Waals surface area contributed by atoms with E-state index in [4.69, 9.17) is 10.5 Å². The van der Waals surface area contributed by atoms with Gasteiger partial charge in [0.05, 0.1) is 12.8 Å². The maximum absolute atomic E-state index is 12.1. The predicted octanol–water partition coefficient (Wildman–Crippen LogP) is 1.35. The van der Waals surface area contributed by atoms with Crippen LogP contribution in [-0.2, 0) is 16.6 Å². The first-order valence-corrected chi connectivity index (χ1v) is 7.35. The van der Waals surface area contributed by atoms with E-state index in [-0.39, 0.29) is 11.4 Å². The lowest BCUT2D eigenvalue weighted by Crippen LogP contribution is -2.13. The summed E-state index contributed by atoms with van der Waals surface area (Å²) < 4.78 is 31.8. The summed E-state index contributed by atoms with van der Waals surface area (Å²) in [6, 6.07) is 9.65. The van der Waals surface area contributed by atoms with Crippen LogP contribution in [0.15, 0.2) is 47.5 Å². The van der Waals surface area contributed by atoms with Crippen LogP contribution in [0.2, 0.25) is 0 Å². The molecule has 3 N–H and O–H groups in total. The van der Waals surface area contributed by atoms with Gasteiger partial charge in [-0.05, 0) is 36.4 Å². The largest absolute Gasteiger partial charge is 0.497 e. The quantitative estimate of drug-likeness (QED) is 0.867. The number of nitrogens with two attached hydrogens (primary N) is 1. The van der Waals surface area contributed by atoms with Crippen molar-refractivity contribution in [1.82, 2.24) is 4.98 Å². The molecule has 0 saturated heterocycles. The number of aromatic nitrogens is 1. The molecule has 0 bridgehead atoms. The Kier molecular flexibility index (Phi) is 4.21. The molecule has 6 nitrogen and oxygen atoms in total. The number of pyridine rings is 1. The van der Waals surface area contributed by atoms with E-state index in [1.54, 1.807) is 37.4 Å². The summed E-state index contributed by atoms with van der Waals surface area (Å²) in [5.41, 5.74) is 6.51. The third-order valence-corrected chi connectivity index (χ3v) is 4.03. The van der Waals surface area contributed by atoms with Crippen molar-refractivity contribution < 1.29 is 13.2 Å². The van der Waals surface area contributed by atoms with E-state index in [0.29, 0.717) is 17.1 Å². The number of rotatable bonds is 5. The Hall–Kier alpha value is -2.12. The highest BCUT2D eigenvalue weighted by Crippen LogP contribution is 2.18. The molecule has 0 saturated carbocycles. The van der Waals surface area contributed by atoms with Crippen molar-refractivity contribution in [2.45, 2.75) is 11.4 Å². The van der Waals surface area contributed by atoms with E-state index in [0.717, 1.165) is 0 Å². The Morgan fingerprint density at radius 3 is 2.40 bits per heavy atom. The number of benzene rings is 1. The summed E-state index contributed by atoms with van der Waals surface area (Å²) in [5, 5.41) is 0. The van der Waals surface area contributed by atoms with Gasteiger partial charge in [-0.3, -0.25) is 9.71 Å². The highest BCUT2D eigenvalue weighted by atomic mass is 32.2. The van der Waals surface area contributed by atoms with Crippen molar-refractivity contribution in [2.75, 3.05) is 11.8 Å². The molecule has 0 aliphatic heterocycles. The predicted molar refractivity (Wildman–Crippen MR) is 75.9 cm³/mol. The fraction of sp³-hybridized carbons (Fsp3) is 0.154. The van der Waals surface area contributed by atoms with Gasteiger partial charge in [-0.1, -0.05) is 0 Å². The van der Waals surface area contributed by atoms with Crippen LogP contribution < -0.4 is 15.2 Å². The number of nitrogens with zero attached hydrogens (tertiary/aromatic N) is 1. The van der Waals surface area contributed by atoms with Crippen LogP contribution in [0.1, 0.15) is 5.69 Å². The van der Waals surface area contributed by atoms with E-state index in [1.807, 2.05) is 0 Å². The van der Waals surface area contributed by atoms with E-state index < -0.39 is 10.0 Å². The third-order valence-electron chi connectivity index (χ3n) is 2.66. The van der Waals surface area contributed by atoms with E-state index >= 15 is 0 Å². The fourth-order valence-corrected chi connectivity index (χ4v) is 2.57. The molecule has 0 amide bonds. The molecule has 0 fully saturated rings. The molecule has 1 aromatic heterocycles. The van der Waals surface area contributed by atoms with Crippen LogP contribution in [0.4, 0.5) is 5.69 Å². The zero-order valence-corrected chi connectivity index (χ0v) is 11.7. The standard InChI is InChI=1S/C13H15N3O3S/c1-19-12-5-2-10(3-6-12)16-20(17,18)13-7-4-11(8-14)15-9-13/h2-7,9,16H,8,14H2,1H3. The van der Waals surface area contributed by atoms with E-state index in [2.05, 4.69) is 9.71 Å². The Morgan fingerprint density at radius 2 is 1.90 bits per heavy atom. The molecule has 0 aliphatic carbocycles. The van der Waals surface area contributed by atoms with Crippen molar-refractivity contribution in [3.63, 3.8) is 0 Å². The lowest BCUT2D eigenvalue weighted by molar-refractivity contribution is 0.415. The maximum atomic E-state index is 12.1. The topological polar surface area (TPSA) is 94.3 Å². The zero-order chi connectivity index (χ0) is 14.6. The number of anilines is 1. The molecule has 0 unspecified atom stereocenters. The molecule has 0 atom stereocenters. The minimum absolute atomic E-state index is 0.0884. The minimum Gasteiger partial charge on any atom is -0.497 e. The second-order valence-corrected chi connectivity index (χ2v) is 5.71. The summed E-state index contributed by atoms with van der Waals surface area (Å²) in [6.07, 6.45) is 1.29. The van der Waals surface area contributed by atoms with Crippen molar-refractivity contribution in [2.24, 2.45) is 5.73 Å². The van der Waals surface area contributed by atoms with E-state index in [9.17, 15) is 8.42 Å². The van der Waals surface area contributed by atoms with Gasteiger partial charge in [0.1, 0.15) is 10.6 Å². The zero-order valence-electron chi connectivity index (χ0n) is 10.9. The normalized spacial score (nSPS) is 11.1. The van der Waals surface area contributed by atoms with Gasteiger partial charge in [0.25, 0.3) is 10.0 Å². The molecule has 2 aromatic rings. The molecule has 7 heteroatoms. The summed E-state index contributed by atoms with van der Waals surface area (Å²) in [5.74, 6) is 0.655. The van der Waals surface area contributed by atoms with Gasteiger partial charge in [-0.15, -0.1) is 0 Å². The maximum Gasteiger partial charge on any atom is 0.263 e. The fourth-order valence-electron chi connectivity index (χ4n) is 1.56. The third kappa shape index (κ3) is 3.25. The molecule has 1 heterocycles. The highest BCUT2D eigenvalue weighted by Gasteiger charge is 2.14. The molecular formula is C13H15N3O3S. The van der Waals surface area contributed by atoms with E-state index in [1.165, 1.54) is 12.3 Å². The summed E-state index contributed by atoms with van der Waals surface area (Å²) in [4.78, 5) is 4.06. The van der Waals surface area contributed by atoms with Crippen LogP contribution in [0.5, 0.6) is 5.75 Å². The van der Waals surface area contributed by atoms with Crippen molar-refractivity contribution in [3.05, 3.63) is 48.3 Å². The molecule has 0 aliphatic rings. The molecule has 106 valence electrons. The lowest BCUT2D eigenvalue weighted by Gasteiger charge is -2.08. The van der Waals surface area contributed by atoms with Crippen molar-refractivity contribution >= 4 is 15.7 Å². The number of nitrogens with one attached hydrogen (secondary N) is 1. The summed E-state index contributed by atoms with van der Waals surface area (Å²) in [6.45, 7) is 0.270. The average molecular weight is 293 g/mol. The average Bonchev–Trinajstić information content (AvgIpc) is 2.48. The van der Waals surface area contributed by atoms with Gasteiger partial charge >= 0.3 is 0 Å². The second-order valence-electron chi connectivity index (χ2n) is 4.02. The highest BCUT2D eigenvalue weighted by molar-refractivity contribution is 7.92. The molecule has 20 heavy (non-hydrogen) atoms. The first-order chi connectivity index (χ1) is 9.55. The first kappa shape index (κ1) is 14.3. The SMILES string of the molecule is COc1ccc(NS(=O)(=O)c2ccc(CN)nc2)cc1. The van der Waals surface area contributed by atoms with Crippen LogP contribution in [-0.4, -0.2) is 20.5 Å². The van der Waals surface area contributed by atoms with Gasteiger partial charge in [-0.25, -0.2) is 8.42 Å². The Labute approximate surface area is 117 Å². The van der Waals surface area contributed by atoms with Crippen LogP contribution in [0, 0.1) is 0 Å². The lowest BCUT2D eigenvalue weighted by atomic mass is 10.3. The molecule has 1 aromatic carbocycles. The van der Waals surface area contributed by atoms with Crippen molar-refractivity contribution in [1.29, 1.82) is 0 Å². The van der Waals surface area contributed by atoms with Gasteiger partial charge in [0, 0.05) is 18.4 Å². The molecular weight excluding hydrogens is 278 g/mol. The minimum atomic E-state index is -3.65. The number of methoxy groups -OCH3 is 1. The van der Waals surface area contributed by atoms with Crippen molar-refractivity contribution in [3.8, 4) is 5.75 Å². The van der Waals surface area contributed by atoms with Gasteiger partial charge < -0.3 is 10.5 Å². The van der Waals surface area contributed by atoms with Crippen LogP contribution in [0.25, 0.3) is 0 Å². The second kappa shape index (κ2) is 5.89. The van der Waals surface area contributed by atoms with Gasteiger partial charge in [0.2, 0.25) is 0 Å². The number of hydrogen-bond acceptors (Lipinski definition) is 5.